The van der Waals surface area contributed by atoms with Gasteiger partial charge in [0, 0.05) is 25.6 Å². The quantitative estimate of drug-likeness (QED) is 0.769. The van der Waals surface area contributed by atoms with Gasteiger partial charge in [0.25, 0.3) is 0 Å². The van der Waals surface area contributed by atoms with E-state index < -0.39 is 5.60 Å². The standard InChI is InChI=1S/C13H24N2O3/c1-12(2,3)18-11(16)15-7-10-5-4-6-17-13(10,8-14)9-15/h10H,4-9,14H2,1-3H3/t10-,13+/m0/s1. The summed E-state index contributed by atoms with van der Waals surface area (Å²) in [6.45, 7) is 8.11. The lowest BCUT2D eigenvalue weighted by atomic mass is 9.85. The highest BCUT2D eigenvalue weighted by molar-refractivity contribution is 5.68. The number of rotatable bonds is 1. The molecule has 0 aliphatic carbocycles. The summed E-state index contributed by atoms with van der Waals surface area (Å²) >= 11 is 0. The third-order valence-electron chi connectivity index (χ3n) is 3.73. The van der Waals surface area contributed by atoms with E-state index >= 15 is 0 Å². The molecule has 2 aliphatic heterocycles. The molecule has 2 saturated heterocycles. The number of carbonyl (C=O) groups is 1. The van der Waals surface area contributed by atoms with Crippen molar-refractivity contribution in [1.29, 1.82) is 0 Å². The molecule has 0 bridgehead atoms. The van der Waals surface area contributed by atoms with Crippen LogP contribution in [0, 0.1) is 5.92 Å². The predicted molar refractivity (Wildman–Crippen MR) is 68.3 cm³/mol. The number of ether oxygens (including phenoxy) is 2. The first-order chi connectivity index (χ1) is 8.36. The number of nitrogens with zero attached hydrogens (tertiary/aromatic N) is 1. The molecule has 0 saturated carbocycles. The average molecular weight is 256 g/mol. The first-order valence-corrected chi connectivity index (χ1v) is 6.68. The third-order valence-corrected chi connectivity index (χ3v) is 3.73. The van der Waals surface area contributed by atoms with Gasteiger partial charge in [0.05, 0.1) is 6.54 Å². The summed E-state index contributed by atoms with van der Waals surface area (Å²) in [5, 5.41) is 0. The average Bonchev–Trinajstić information content (AvgIpc) is 2.66. The van der Waals surface area contributed by atoms with Gasteiger partial charge in [0.1, 0.15) is 11.2 Å². The van der Waals surface area contributed by atoms with Gasteiger partial charge in [-0.1, -0.05) is 0 Å². The summed E-state index contributed by atoms with van der Waals surface area (Å²) in [6, 6.07) is 0. The molecule has 2 atom stereocenters. The van der Waals surface area contributed by atoms with Crippen LogP contribution >= 0.6 is 0 Å². The van der Waals surface area contributed by atoms with Gasteiger partial charge in [-0.15, -0.1) is 0 Å². The van der Waals surface area contributed by atoms with E-state index in [1.807, 2.05) is 20.8 Å². The zero-order valence-electron chi connectivity index (χ0n) is 11.6. The van der Waals surface area contributed by atoms with Gasteiger partial charge in [-0.2, -0.15) is 0 Å². The molecule has 5 nitrogen and oxygen atoms in total. The lowest BCUT2D eigenvalue weighted by molar-refractivity contribution is -0.0879. The smallest absolute Gasteiger partial charge is 0.410 e. The highest BCUT2D eigenvalue weighted by Crippen LogP contribution is 2.37. The molecule has 2 aliphatic rings. The van der Waals surface area contributed by atoms with E-state index in [1.54, 1.807) is 4.90 Å². The van der Waals surface area contributed by atoms with Crippen LogP contribution in [0.1, 0.15) is 33.6 Å². The molecule has 0 aromatic heterocycles. The SMILES string of the molecule is CC(C)(C)OC(=O)N1C[C@@H]2CCCO[C@]2(CN)C1. The van der Waals surface area contributed by atoms with Gasteiger partial charge in [0.15, 0.2) is 0 Å². The molecule has 18 heavy (non-hydrogen) atoms. The number of hydrogen-bond donors (Lipinski definition) is 1. The molecule has 2 N–H and O–H groups in total. The summed E-state index contributed by atoms with van der Waals surface area (Å²) in [6.07, 6.45) is 1.87. The van der Waals surface area contributed by atoms with Crippen molar-refractivity contribution in [2.75, 3.05) is 26.2 Å². The molecule has 0 unspecified atom stereocenters. The van der Waals surface area contributed by atoms with Crippen LogP contribution < -0.4 is 5.73 Å². The summed E-state index contributed by atoms with van der Waals surface area (Å²) in [7, 11) is 0. The van der Waals surface area contributed by atoms with Crippen molar-refractivity contribution in [3.05, 3.63) is 0 Å². The molecule has 0 aromatic rings. The third kappa shape index (κ3) is 2.62. The fraction of sp³-hybridized carbons (Fsp3) is 0.923. The van der Waals surface area contributed by atoms with Crippen molar-refractivity contribution in [1.82, 2.24) is 4.90 Å². The number of carbonyl (C=O) groups excluding carboxylic acids is 1. The minimum atomic E-state index is -0.457. The van der Waals surface area contributed by atoms with E-state index in [-0.39, 0.29) is 11.7 Å². The molecule has 2 fully saturated rings. The van der Waals surface area contributed by atoms with Crippen LogP contribution in [0.2, 0.25) is 0 Å². The van der Waals surface area contributed by atoms with Gasteiger partial charge in [-0.05, 0) is 33.6 Å². The maximum Gasteiger partial charge on any atom is 0.410 e. The Labute approximate surface area is 109 Å². The number of nitrogens with two attached hydrogens (primary N) is 1. The maximum absolute atomic E-state index is 12.1. The second kappa shape index (κ2) is 4.70. The summed E-state index contributed by atoms with van der Waals surface area (Å²) in [4.78, 5) is 13.8. The van der Waals surface area contributed by atoms with Crippen LogP contribution in [0.25, 0.3) is 0 Å². The van der Waals surface area contributed by atoms with Gasteiger partial charge in [0.2, 0.25) is 0 Å². The first kappa shape index (κ1) is 13.6. The number of hydrogen-bond acceptors (Lipinski definition) is 4. The zero-order chi connectivity index (χ0) is 13.4. The Morgan fingerprint density at radius 1 is 1.56 bits per heavy atom. The fourth-order valence-corrected chi connectivity index (χ4v) is 2.83. The van der Waals surface area contributed by atoms with E-state index in [0.29, 0.717) is 25.6 Å². The minimum Gasteiger partial charge on any atom is -0.444 e. The van der Waals surface area contributed by atoms with Crippen LogP contribution in [0.15, 0.2) is 0 Å². The molecule has 0 radical (unpaired) electrons. The summed E-state index contributed by atoms with van der Waals surface area (Å²) in [5.41, 5.74) is 5.07. The van der Waals surface area contributed by atoms with Crippen LogP contribution in [-0.2, 0) is 9.47 Å². The Hall–Kier alpha value is -0.810. The Balaban J connectivity index is 2.03. The molecule has 5 heteroatoms. The van der Waals surface area contributed by atoms with Crippen LogP contribution in [-0.4, -0.2) is 48.4 Å². The lowest BCUT2D eigenvalue weighted by Crippen LogP contribution is -2.50. The van der Waals surface area contributed by atoms with E-state index in [0.717, 1.165) is 19.4 Å². The highest BCUT2D eigenvalue weighted by Gasteiger charge is 2.50. The molecule has 0 aromatic carbocycles. The number of likely N-dealkylation sites (tertiary alicyclic amines) is 1. The Morgan fingerprint density at radius 2 is 2.28 bits per heavy atom. The van der Waals surface area contributed by atoms with E-state index in [2.05, 4.69) is 0 Å². The van der Waals surface area contributed by atoms with E-state index in [9.17, 15) is 4.79 Å². The molecular weight excluding hydrogens is 232 g/mol. The minimum absolute atomic E-state index is 0.256. The first-order valence-electron chi connectivity index (χ1n) is 6.68. The van der Waals surface area contributed by atoms with Crippen molar-refractivity contribution in [2.24, 2.45) is 11.7 Å². The summed E-state index contributed by atoms with van der Waals surface area (Å²) < 4.78 is 11.3. The van der Waals surface area contributed by atoms with Gasteiger partial charge in [-0.25, -0.2) is 4.79 Å². The Kier molecular flexibility index (Phi) is 3.56. The largest absolute Gasteiger partial charge is 0.444 e. The maximum atomic E-state index is 12.1. The zero-order valence-corrected chi connectivity index (χ0v) is 11.6. The van der Waals surface area contributed by atoms with Crippen LogP contribution in [0.5, 0.6) is 0 Å². The molecule has 104 valence electrons. The van der Waals surface area contributed by atoms with Crippen molar-refractivity contribution in [3.63, 3.8) is 0 Å². The topological polar surface area (TPSA) is 64.8 Å². The second-order valence-corrected chi connectivity index (χ2v) is 6.32. The van der Waals surface area contributed by atoms with Crippen molar-refractivity contribution in [2.45, 2.75) is 44.8 Å². The van der Waals surface area contributed by atoms with Gasteiger partial charge < -0.3 is 20.1 Å². The highest BCUT2D eigenvalue weighted by atomic mass is 16.6. The predicted octanol–water partition coefficient (Wildman–Crippen LogP) is 1.36. The second-order valence-electron chi connectivity index (χ2n) is 6.32. The number of fused-ring (bicyclic) bond motifs is 1. The van der Waals surface area contributed by atoms with Crippen LogP contribution in [0.3, 0.4) is 0 Å². The molecule has 2 heterocycles. The normalized spacial score (nSPS) is 32.2. The molecule has 1 amide bonds. The fourth-order valence-electron chi connectivity index (χ4n) is 2.83. The Morgan fingerprint density at radius 3 is 2.83 bits per heavy atom. The van der Waals surface area contributed by atoms with E-state index in [1.165, 1.54) is 0 Å². The van der Waals surface area contributed by atoms with Crippen LogP contribution in [0.4, 0.5) is 4.79 Å². The van der Waals surface area contributed by atoms with Crippen molar-refractivity contribution in [3.8, 4) is 0 Å². The molecular formula is C13H24N2O3. The molecule has 2 rings (SSSR count). The van der Waals surface area contributed by atoms with Gasteiger partial charge >= 0.3 is 6.09 Å². The number of amides is 1. The van der Waals surface area contributed by atoms with Crippen molar-refractivity contribution >= 4 is 6.09 Å². The van der Waals surface area contributed by atoms with Crippen molar-refractivity contribution < 1.29 is 14.3 Å². The Bertz CT molecular complexity index is 327. The van der Waals surface area contributed by atoms with Gasteiger partial charge in [-0.3, -0.25) is 0 Å². The molecule has 0 spiro atoms. The monoisotopic (exact) mass is 256 g/mol. The lowest BCUT2D eigenvalue weighted by Gasteiger charge is -2.37. The summed E-state index contributed by atoms with van der Waals surface area (Å²) in [5.74, 6) is 0.351. The van der Waals surface area contributed by atoms with E-state index in [4.69, 9.17) is 15.2 Å².